The van der Waals surface area contributed by atoms with E-state index in [-0.39, 0.29) is 12.4 Å². The quantitative estimate of drug-likeness (QED) is 0.700. The fourth-order valence-electron chi connectivity index (χ4n) is 1.72. The van der Waals surface area contributed by atoms with Gasteiger partial charge in [-0.1, -0.05) is 0 Å². The van der Waals surface area contributed by atoms with Crippen molar-refractivity contribution in [3.05, 3.63) is 29.7 Å². The Morgan fingerprint density at radius 2 is 2.36 bits per heavy atom. The van der Waals surface area contributed by atoms with Crippen molar-refractivity contribution in [2.24, 2.45) is 0 Å². The van der Waals surface area contributed by atoms with E-state index in [1.807, 2.05) is 10.6 Å². The van der Waals surface area contributed by atoms with E-state index in [9.17, 15) is 0 Å². The molecule has 1 aliphatic heterocycles. The lowest BCUT2D eigenvalue weighted by molar-refractivity contribution is 0.624. The van der Waals surface area contributed by atoms with Crippen molar-refractivity contribution in [3.63, 3.8) is 0 Å². The molecule has 4 nitrogen and oxygen atoms in total. The minimum atomic E-state index is 0. The summed E-state index contributed by atoms with van der Waals surface area (Å²) in [5.74, 6) is 0. The van der Waals surface area contributed by atoms with E-state index in [1.54, 1.807) is 6.20 Å². The molecule has 0 radical (unpaired) electrons. The van der Waals surface area contributed by atoms with Crippen LogP contribution in [0.1, 0.15) is 11.3 Å². The summed E-state index contributed by atoms with van der Waals surface area (Å²) in [6, 6.07) is 1.93. The van der Waals surface area contributed by atoms with Gasteiger partial charge in [0.1, 0.15) is 0 Å². The average molecular weight is 211 g/mol. The summed E-state index contributed by atoms with van der Waals surface area (Å²) in [5.41, 5.74) is 3.43. The van der Waals surface area contributed by atoms with Gasteiger partial charge in [0.2, 0.25) is 0 Å². The molecule has 74 valence electrons. The van der Waals surface area contributed by atoms with Crippen LogP contribution in [0.15, 0.2) is 18.5 Å². The van der Waals surface area contributed by atoms with Crippen LogP contribution in [-0.4, -0.2) is 21.1 Å². The van der Waals surface area contributed by atoms with Crippen molar-refractivity contribution in [1.82, 2.24) is 19.9 Å². The maximum absolute atomic E-state index is 4.54. The number of halogens is 1. The summed E-state index contributed by atoms with van der Waals surface area (Å²) in [6.07, 6.45) is 4.86. The van der Waals surface area contributed by atoms with Gasteiger partial charge >= 0.3 is 0 Å². The van der Waals surface area contributed by atoms with Gasteiger partial charge in [-0.05, 0) is 0 Å². The van der Waals surface area contributed by atoms with Crippen LogP contribution in [0, 0.1) is 0 Å². The zero-order valence-electron chi connectivity index (χ0n) is 7.60. The van der Waals surface area contributed by atoms with E-state index in [1.165, 1.54) is 11.3 Å². The van der Waals surface area contributed by atoms with Gasteiger partial charge < -0.3 is 5.32 Å². The highest BCUT2D eigenvalue weighted by molar-refractivity contribution is 5.85. The summed E-state index contributed by atoms with van der Waals surface area (Å²) >= 11 is 0. The number of nitrogens with one attached hydrogen (secondary N) is 1. The second kappa shape index (κ2) is 3.55. The summed E-state index contributed by atoms with van der Waals surface area (Å²) in [4.78, 5) is 4.54. The topological polar surface area (TPSA) is 42.2 Å². The van der Waals surface area contributed by atoms with E-state index in [2.05, 4.69) is 21.6 Å². The molecule has 3 rings (SSSR count). The molecule has 0 saturated heterocycles. The molecular weight excluding hydrogens is 200 g/mol. The fraction of sp³-hybridized carbons (Fsp3) is 0.333. The average Bonchev–Trinajstić information content (AvgIpc) is 2.61. The zero-order chi connectivity index (χ0) is 8.67. The van der Waals surface area contributed by atoms with Gasteiger partial charge in [-0.3, -0.25) is 0 Å². The lowest BCUT2D eigenvalue weighted by Gasteiger charge is -2.15. The Bertz CT molecular complexity index is 411. The standard InChI is InChI=1S/C9H10N4.ClH/c1-3-10-5-7-6-13-9(2-4-11-13)12-8(1)7;/h2,4,6,10H,1,3,5H2;1H. The van der Waals surface area contributed by atoms with Crippen molar-refractivity contribution >= 4 is 18.1 Å². The Kier molecular flexibility index (Phi) is 2.39. The summed E-state index contributed by atoms with van der Waals surface area (Å²) in [5, 5.41) is 7.47. The molecule has 3 heterocycles. The van der Waals surface area contributed by atoms with E-state index in [0.29, 0.717) is 0 Å². The van der Waals surface area contributed by atoms with Crippen molar-refractivity contribution in [3.8, 4) is 0 Å². The Labute approximate surface area is 87.7 Å². The second-order valence-corrected chi connectivity index (χ2v) is 3.27. The van der Waals surface area contributed by atoms with Crippen LogP contribution in [0.4, 0.5) is 0 Å². The molecule has 5 heteroatoms. The molecule has 1 aliphatic rings. The maximum Gasteiger partial charge on any atom is 0.155 e. The molecule has 0 spiro atoms. The number of aromatic nitrogens is 3. The third kappa shape index (κ3) is 1.36. The van der Waals surface area contributed by atoms with Crippen molar-refractivity contribution in [2.45, 2.75) is 13.0 Å². The number of hydrogen-bond acceptors (Lipinski definition) is 3. The number of nitrogens with zero attached hydrogens (tertiary/aromatic N) is 3. The highest BCUT2D eigenvalue weighted by atomic mass is 35.5. The molecule has 0 atom stereocenters. The Hall–Kier alpha value is -1.13. The molecule has 2 aromatic heterocycles. The SMILES string of the molecule is Cl.c1cc2nc3c(cn2n1)CNCC3. The van der Waals surface area contributed by atoms with Gasteiger partial charge in [-0.2, -0.15) is 5.10 Å². The van der Waals surface area contributed by atoms with Crippen molar-refractivity contribution in [2.75, 3.05) is 6.54 Å². The van der Waals surface area contributed by atoms with Gasteiger partial charge in [0.05, 0.1) is 11.9 Å². The lowest BCUT2D eigenvalue weighted by atomic mass is 10.1. The van der Waals surface area contributed by atoms with Gasteiger partial charge in [-0.15, -0.1) is 12.4 Å². The number of hydrogen-bond donors (Lipinski definition) is 1. The van der Waals surface area contributed by atoms with Gasteiger partial charge in [0.15, 0.2) is 5.65 Å². The van der Waals surface area contributed by atoms with Crippen molar-refractivity contribution < 1.29 is 0 Å². The van der Waals surface area contributed by atoms with Crippen LogP contribution in [0.25, 0.3) is 5.65 Å². The van der Waals surface area contributed by atoms with Gasteiger partial charge in [-0.25, -0.2) is 9.50 Å². The molecule has 0 unspecified atom stereocenters. The normalized spacial score (nSPS) is 14.9. The Morgan fingerprint density at radius 3 is 3.29 bits per heavy atom. The molecule has 0 aliphatic carbocycles. The first-order chi connectivity index (χ1) is 6.43. The minimum Gasteiger partial charge on any atom is -0.312 e. The molecule has 1 N–H and O–H groups in total. The minimum absolute atomic E-state index is 0. The van der Waals surface area contributed by atoms with Crippen LogP contribution in [0.3, 0.4) is 0 Å². The summed E-state index contributed by atoms with van der Waals surface area (Å²) < 4.78 is 1.83. The highest BCUT2D eigenvalue weighted by Gasteiger charge is 2.10. The highest BCUT2D eigenvalue weighted by Crippen LogP contribution is 2.12. The molecular formula is C9H11ClN4. The third-order valence-corrected chi connectivity index (χ3v) is 2.40. The number of rotatable bonds is 0. The first kappa shape index (κ1) is 9.43. The summed E-state index contributed by atoms with van der Waals surface area (Å²) in [6.45, 7) is 1.95. The van der Waals surface area contributed by atoms with E-state index in [4.69, 9.17) is 0 Å². The first-order valence-corrected chi connectivity index (χ1v) is 4.46. The van der Waals surface area contributed by atoms with E-state index >= 15 is 0 Å². The molecule has 14 heavy (non-hydrogen) atoms. The first-order valence-electron chi connectivity index (χ1n) is 4.46. The molecule has 0 fully saturated rings. The van der Waals surface area contributed by atoms with Crippen molar-refractivity contribution in [1.29, 1.82) is 0 Å². The monoisotopic (exact) mass is 210 g/mol. The Balaban J connectivity index is 0.000000750. The molecule has 2 aromatic rings. The van der Waals surface area contributed by atoms with Crippen LogP contribution in [0.5, 0.6) is 0 Å². The lowest BCUT2D eigenvalue weighted by Crippen LogP contribution is -2.25. The molecule has 0 aromatic carbocycles. The third-order valence-electron chi connectivity index (χ3n) is 2.40. The van der Waals surface area contributed by atoms with Gasteiger partial charge in [0.25, 0.3) is 0 Å². The predicted octanol–water partition coefficient (Wildman–Crippen LogP) is 0.797. The smallest absolute Gasteiger partial charge is 0.155 e. The second-order valence-electron chi connectivity index (χ2n) is 3.27. The van der Waals surface area contributed by atoms with Crippen LogP contribution in [-0.2, 0) is 13.0 Å². The largest absolute Gasteiger partial charge is 0.312 e. The Morgan fingerprint density at radius 1 is 1.43 bits per heavy atom. The van der Waals surface area contributed by atoms with Gasteiger partial charge in [0, 0.05) is 37.3 Å². The van der Waals surface area contributed by atoms with Crippen LogP contribution < -0.4 is 5.32 Å². The zero-order valence-corrected chi connectivity index (χ0v) is 8.42. The molecule has 0 bridgehead atoms. The van der Waals surface area contributed by atoms with Crippen LogP contribution in [0.2, 0.25) is 0 Å². The fourth-order valence-corrected chi connectivity index (χ4v) is 1.72. The number of fused-ring (bicyclic) bond motifs is 2. The maximum atomic E-state index is 4.54. The molecule has 0 amide bonds. The summed E-state index contributed by atoms with van der Waals surface area (Å²) in [7, 11) is 0. The predicted molar refractivity (Wildman–Crippen MR) is 55.6 cm³/mol. The molecule has 0 saturated carbocycles. The van der Waals surface area contributed by atoms with E-state index in [0.717, 1.165) is 25.2 Å². The van der Waals surface area contributed by atoms with E-state index < -0.39 is 0 Å². The van der Waals surface area contributed by atoms with Crippen LogP contribution >= 0.6 is 12.4 Å².